The first-order valence-corrected chi connectivity index (χ1v) is 9.52. The average Bonchev–Trinajstić information content (AvgIpc) is 2.48. The van der Waals surface area contributed by atoms with Gasteiger partial charge in [0.15, 0.2) is 0 Å². The molecule has 0 spiro atoms. The van der Waals surface area contributed by atoms with E-state index in [0.29, 0.717) is 24.2 Å². The summed E-state index contributed by atoms with van der Waals surface area (Å²) in [5, 5.41) is 18.2. The molecule has 1 aliphatic heterocycles. The largest absolute Gasteiger partial charge is 0.389 e. The van der Waals surface area contributed by atoms with Crippen molar-refractivity contribution in [3.63, 3.8) is 0 Å². The van der Waals surface area contributed by atoms with E-state index in [0.717, 1.165) is 18.4 Å². The van der Waals surface area contributed by atoms with Gasteiger partial charge in [0.1, 0.15) is 0 Å². The molecule has 142 valence electrons. The lowest BCUT2D eigenvalue weighted by Gasteiger charge is -2.47. The molecule has 1 aliphatic rings. The molecular formula is C20H33ClN2O2. The molecule has 3 N–H and O–H groups in total. The molecule has 1 saturated heterocycles. The van der Waals surface area contributed by atoms with Crippen LogP contribution in [-0.2, 0) is 4.74 Å². The molecule has 2 atom stereocenters. The number of nitrogens with one attached hydrogen (secondary N) is 2. The third-order valence-electron chi connectivity index (χ3n) is 4.71. The topological polar surface area (TPSA) is 53.5 Å². The molecule has 1 aromatic carbocycles. The van der Waals surface area contributed by atoms with E-state index in [1.54, 1.807) is 0 Å². The number of halogens is 1. The quantitative estimate of drug-likeness (QED) is 0.687. The van der Waals surface area contributed by atoms with Crippen molar-refractivity contribution in [2.45, 2.75) is 76.8 Å². The maximum atomic E-state index is 10.3. The molecule has 4 nitrogen and oxygen atoms in total. The Kier molecular flexibility index (Phi) is 6.91. The van der Waals surface area contributed by atoms with Crippen LogP contribution in [0.4, 0.5) is 0 Å². The van der Waals surface area contributed by atoms with Crippen molar-refractivity contribution in [3.05, 3.63) is 34.9 Å². The lowest BCUT2D eigenvalue weighted by atomic mass is 9.79. The molecule has 0 aliphatic carbocycles. The summed E-state index contributed by atoms with van der Waals surface area (Å²) in [6.45, 7) is 11.8. The number of rotatable bonds is 7. The second-order valence-corrected chi connectivity index (χ2v) is 9.02. The summed E-state index contributed by atoms with van der Waals surface area (Å²) < 4.78 is 5.81. The standard InChI is InChI=1S/C20H33ClN2O2/c1-14(15-6-8-16(21)9-7-15)25-13-18(24)12-22-17-10-19(2,3)23-20(4,5)11-17/h6-9,14,17-18,22-24H,10-13H2,1-5H3. The minimum Gasteiger partial charge on any atom is -0.389 e. The number of hydrogen-bond donors (Lipinski definition) is 3. The minimum absolute atomic E-state index is 0.0661. The summed E-state index contributed by atoms with van der Waals surface area (Å²) in [4.78, 5) is 0. The molecule has 2 rings (SSSR count). The van der Waals surface area contributed by atoms with E-state index in [1.165, 1.54) is 0 Å². The fourth-order valence-electron chi connectivity index (χ4n) is 3.91. The Morgan fingerprint density at radius 1 is 1.20 bits per heavy atom. The molecule has 0 aromatic heterocycles. The van der Waals surface area contributed by atoms with E-state index in [1.807, 2.05) is 31.2 Å². The van der Waals surface area contributed by atoms with Crippen LogP contribution in [0, 0.1) is 0 Å². The van der Waals surface area contributed by atoms with E-state index in [-0.39, 0.29) is 17.2 Å². The predicted octanol–water partition coefficient (Wildman–Crippen LogP) is 3.68. The number of piperidine rings is 1. The molecule has 1 fully saturated rings. The highest BCUT2D eigenvalue weighted by atomic mass is 35.5. The molecule has 1 aromatic rings. The maximum Gasteiger partial charge on any atom is 0.0898 e. The van der Waals surface area contributed by atoms with Crippen LogP contribution in [0.1, 0.15) is 59.1 Å². The summed E-state index contributed by atoms with van der Waals surface area (Å²) in [5.74, 6) is 0. The van der Waals surface area contributed by atoms with Crippen LogP contribution in [0.15, 0.2) is 24.3 Å². The Bertz CT molecular complexity index is 529. The summed E-state index contributed by atoms with van der Waals surface area (Å²) >= 11 is 5.91. The van der Waals surface area contributed by atoms with Gasteiger partial charge in [0.2, 0.25) is 0 Å². The van der Waals surface area contributed by atoms with Crippen molar-refractivity contribution < 1.29 is 9.84 Å². The Balaban J connectivity index is 1.75. The van der Waals surface area contributed by atoms with E-state index in [2.05, 4.69) is 38.3 Å². The molecule has 1 heterocycles. The fourth-order valence-corrected chi connectivity index (χ4v) is 4.04. The van der Waals surface area contributed by atoms with Crippen LogP contribution in [0.25, 0.3) is 0 Å². The van der Waals surface area contributed by atoms with Gasteiger partial charge in [-0.05, 0) is 65.2 Å². The minimum atomic E-state index is -0.518. The number of aliphatic hydroxyl groups excluding tert-OH is 1. The van der Waals surface area contributed by atoms with Gasteiger partial charge in [0.05, 0.1) is 18.8 Å². The molecule has 0 radical (unpaired) electrons. The smallest absolute Gasteiger partial charge is 0.0898 e. The van der Waals surface area contributed by atoms with Gasteiger partial charge < -0.3 is 20.5 Å². The zero-order valence-corrected chi connectivity index (χ0v) is 16.9. The van der Waals surface area contributed by atoms with Crippen LogP contribution in [0.3, 0.4) is 0 Å². The third-order valence-corrected chi connectivity index (χ3v) is 4.96. The highest BCUT2D eigenvalue weighted by molar-refractivity contribution is 6.30. The van der Waals surface area contributed by atoms with Gasteiger partial charge in [-0.25, -0.2) is 0 Å². The first-order chi connectivity index (χ1) is 11.6. The number of hydrogen-bond acceptors (Lipinski definition) is 4. The number of ether oxygens (including phenoxy) is 1. The van der Waals surface area contributed by atoms with Crippen LogP contribution in [0.2, 0.25) is 5.02 Å². The van der Waals surface area contributed by atoms with Gasteiger partial charge in [0.25, 0.3) is 0 Å². The van der Waals surface area contributed by atoms with Gasteiger partial charge in [0, 0.05) is 28.7 Å². The lowest BCUT2D eigenvalue weighted by Crippen LogP contribution is -2.62. The third kappa shape index (κ3) is 6.87. The van der Waals surface area contributed by atoms with Crippen LogP contribution in [0.5, 0.6) is 0 Å². The molecule has 0 saturated carbocycles. The lowest BCUT2D eigenvalue weighted by molar-refractivity contribution is -0.00443. The molecule has 5 heteroatoms. The van der Waals surface area contributed by atoms with Crippen LogP contribution in [-0.4, -0.2) is 41.5 Å². The van der Waals surface area contributed by atoms with E-state index < -0.39 is 6.10 Å². The highest BCUT2D eigenvalue weighted by Gasteiger charge is 2.37. The van der Waals surface area contributed by atoms with Gasteiger partial charge in [-0.1, -0.05) is 23.7 Å². The second-order valence-electron chi connectivity index (χ2n) is 8.59. The van der Waals surface area contributed by atoms with Gasteiger partial charge in [-0.15, -0.1) is 0 Å². The summed E-state index contributed by atoms with van der Waals surface area (Å²) in [6.07, 6.45) is 1.51. The Morgan fingerprint density at radius 3 is 2.32 bits per heavy atom. The number of aliphatic hydroxyl groups is 1. The van der Waals surface area contributed by atoms with Gasteiger partial charge >= 0.3 is 0 Å². The molecule has 0 bridgehead atoms. The Labute approximate surface area is 157 Å². The zero-order valence-electron chi connectivity index (χ0n) is 16.1. The maximum absolute atomic E-state index is 10.3. The Hall–Kier alpha value is -0.650. The van der Waals surface area contributed by atoms with Crippen molar-refractivity contribution >= 4 is 11.6 Å². The molecular weight excluding hydrogens is 336 g/mol. The van der Waals surface area contributed by atoms with Crippen molar-refractivity contribution in [1.82, 2.24) is 10.6 Å². The fraction of sp³-hybridized carbons (Fsp3) is 0.700. The normalized spacial score (nSPS) is 22.5. The predicted molar refractivity (Wildman–Crippen MR) is 104 cm³/mol. The zero-order chi connectivity index (χ0) is 18.7. The average molecular weight is 369 g/mol. The van der Waals surface area contributed by atoms with Gasteiger partial charge in [-0.2, -0.15) is 0 Å². The summed E-state index contributed by atoms with van der Waals surface area (Å²) in [6, 6.07) is 8.02. The van der Waals surface area contributed by atoms with E-state index in [9.17, 15) is 5.11 Å². The molecule has 2 unspecified atom stereocenters. The van der Waals surface area contributed by atoms with Crippen molar-refractivity contribution in [2.24, 2.45) is 0 Å². The van der Waals surface area contributed by atoms with Crippen molar-refractivity contribution in [2.75, 3.05) is 13.2 Å². The van der Waals surface area contributed by atoms with Gasteiger partial charge in [-0.3, -0.25) is 0 Å². The van der Waals surface area contributed by atoms with E-state index >= 15 is 0 Å². The summed E-state index contributed by atoms with van der Waals surface area (Å²) in [5.41, 5.74) is 1.26. The SMILES string of the molecule is CC(OCC(O)CNC1CC(C)(C)NC(C)(C)C1)c1ccc(Cl)cc1. The second kappa shape index (κ2) is 8.36. The van der Waals surface area contributed by atoms with Crippen LogP contribution >= 0.6 is 11.6 Å². The van der Waals surface area contributed by atoms with E-state index in [4.69, 9.17) is 16.3 Å². The number of benzene rings is 1. The first-order valence-electron chi connectivity index (χ1n) is 9.14. The molecule has 0 amide bonds. The monoisotopic (exact) mass is 368 g/mol. The van der Waals surface area contributed by atoms with Crippen molar-refractivity contribution in [3.8, 4) is 0 Å². The van der Waals surface area contributed by atoms with Crippen LogP contribution < -0.4 is 10.6 Å². The Morgan fingerprint density at radius 2 is 1.76 bits per heavy atom. The highest BCUT2D eigenvalue weighted by Crippen LogP contribution is 2.28. The van der Waals surface area contributed by atoms with Crippen molar-refractivity contribution in [1.29, 1.82) is 0 Å². The summed E-state index contributed by atoms with van der Waals surface area (Å²) in [7, 11) is 0. The first kappa shape index (κ1) is 20.7. The molecule has 25 heavy (non-hydrogen) atoms.